The summed E-state index contributed by atoms with van der Waals surface area (Å²) in [7, 11) is 1.92. The predicted molar refractivity (Wildman–Crippen MR) is 94.1 cm³/mol. The van der Waals surface area contributed by atoms with Gasteiger partial charge in [0.15, 0.2) is 5.82 Å². The second-order valence-corrected chi connectivity index (χ2v) is 6.52. The van der Waals surface area contributed by atoms with Gasteiger partial charge in [-0.05, 0) is 30.5 Å². The zero-order chi connectivity index (χ0) is 17.2. The number of carbonyl (C=O) groups excluding carboxylic acids is 1. The van der Waals surface area contributed by atoms with E-state index in [0.29, 0.717) is 5.69 Å². The molecule has 3 aromatic rings. The highest BCUT2D eigenvalue weighted by molar-refractivity contribution is 5.93. The van der Waals surface area contributed by atoms with Crippen molar-refractivity contribution in [1.82, 2.24) is 24.6 Å². The van der Waals surface area contributed by atoms with E-state index >= 15 is 0 Å². The molecule has 1 amide bonds. The first-order valence-electron chi connectivity index (χ1n) is 8.59. The van der Waals surface area contributed by atoms with Crippen LogP contribution in [0.5, 0.6) is 0 Å². The number of nitrogens with one attached hydrogen (secondary N) is 1. The minimum atomic E-state index is 0.000809. The summed E-state index contributed by atoms with van der Waals surface area (Å²) in [6, 6.07) is 14.1. The molecule has 6 heteroatoms. The van der Waals surface area contributed by atoms with Gasteiger partial charge >= 0.3 is 0 Å². The second-order valence-electron chi connectivity index (χ2n) is 6.52. The zero-order valence-corrected chi connectivity index (χ0v) is 14.2. The third-order valence-corrected chi connectivity index (χ3v) is 4.77. The number of hydrogen-bond acceptors (Lipinski definition) is 3. The lowest BCUT2D eigenvalue weighted by Gasteiger charge is -2.23. The van der Waals surface area contributed by atoms with Crippen LogP contribution in [0.4, 0.5) is 0 Å². The summed E-state index contributed by atoms with van der Waals surface area (Å²) in [6.45, 7) is 0.753. The summed E-state index contributed by atoms with van der Waals surface area (Å²) in [5.74, 6) is 0.881. The molecule has 1 fully saturated rings. The minimum absolute atomic E-state index is 0.000809. The normalized spacial score (nSPS) is 17.2. The van der Waals surface area contributed by atoms with Crippen LogP contribution in [0.15, 0.2) is 48.8 Å². The quantitative estimate of drug-likeness (QED) is 0.797. The van der Waals surface area contributed by atoms with Crippen LogP contribution in [0.3, 0.4) is 0 Å². The molecule has 128 valence electrons. The lowest BCUT2D eigenvalue weighted by Crippen LogP contribution is -2.32. The van der Waals surface area contributed by atoms with Crippen molar-refractivity contribution in [3.63, 3.8) is 0 Å². The van der Waals surface area contributed by atoms with Gasteiger partial charge in [0.05, 0.1) is 6.04 Å². The van der Waals surface area contributed by atoms with Crippen LogP contribution in [0.1, 0.15) is 46.5 Å². The van der Waals surface area contributed by atoms with Gasteiger partial charge in [-0.2, -0.15) is 0 Å². The molecular weight excluding hydrogens is 314 g/mol. The largest absolute Gasteiger partial charge is 0.354 e. The molecule has 3 heterocycles. The van der Waals surface area contributed by atoms with Gasteiger partial charge < -0.3 is 14.5 Å². The molecule has 1 aliphatic rings. The zero-order valence-electron chi connectivity index (χ0n) is 14.2. The summed E-state index contributed by atoms with van der Waals surface area (Å²) in [5.41, 5.74) is 2.91. The first kappa shape index (κ1) is 15.6. The van der Waals surface area contributed by atoms with Crippen molar-refractivity contribution in [1.29, 1.82) is 0 Å². The predicted octanol–water partition coefficient (Wildman–Crippen LogP) is 2.71. The fraction of sp³-hybridized carbons (Fsp3) is 0.316. The van der Waals surface area contributed by atoms with E-state index in [1.807, 2.05) is 46.8 Å². The Kier molecular flexibility index (Phi) is 4.09. The number of likely N-dealkylation sites (tertiary alicyclic amines) is 1. The number of rotatable bonds is 4. The topological polar surface area (TPSA) is 66.8 Å². The number of carbonyl (C=O) groups is 1. The van der Waals surface area contributed by atoms with E-state index < -0.39 is 0 Å². The number of hydrogen-bond donors (Lipinski definition) is 1. The average Bonchev–Trinajstić information content (AvgIpc) is 3.35. The molecule has 0 saturated carbocycles. The number of benzene rings is 1. The van der Waals surface area contributed by atoms with Crippen LogP contribution in [0.2, 0.25) is 0 Å². The van der Waals surface area contributed by atoms with E-state index in [2.05, 4.69) is 27.3 Å². The summed E-state index contributed by atoms with van der Waals surface area (Å²) >= 11 is 0. The van der Waals surface area contributed by atoms with Crippen molar-refractivity contribution in [2.75, 3.05) is 6.54 Å². The Morgan fingerprint density at radius 1 is 1.24 bits per heavy atom. The van der Waals surface area contributed by atoms with Gasteiger partial charge in [0.1, 0.15) is 12.0 Å². The van der Waals surface area contributed by atoms with E-state index in [9.17, 15) is 4.79 Å². The van der Waals surface area contributed by atoms with E-state index in [1.165, 1.54) is 5.56 Å². The van der Waals surface area contributed by atoms with Gasteiger partial charge in [0.2, 0.25) is 0 Å². The summed E-state index contributed by atoms with van der Waals surface area (Å²) in [6.07, 6.45) is 4.39. The van der Waals surface area contributed by atoms with Gasteiger partial charge in [-0.15, -0.1) is 10.2 Å². The molecule has 0 bridgehead atoms. The number of H-pyrrole nitrogens is 1. The smallest absolute Gasteiger partial charge is 0.270 e. The number of aryl methyl sites for hydroxylation is 1. The number of amides is 1. The first-order valence-corrected chi connectivity index (χ1v) is 8.59. The van der Waals surface area contributed by atoms with E-state index in [4.69, 9.17) is 0 Å². The van der Waals surface area contributed by atoms with Crippen molar-refractivity contribution in [2.45, 2.75) is 25.3 Å². The Labute approximate surface area is 146 Å². The van der Waals surface area contributed by atoms with Crippen molar-refractivity contribution < 1.29 is 4.79 Å². The highest BCUT2D eigenvalue weighted by atomic mass is 16.2. The van der Waals surface area contributed by atoms with Crippen LogP contribution in [-0.2, 0) is 13.5 Å². The Hall–Kier alpha value is -2.89. The highest BCUT2D eigenvalue weighted by Gasteiger charge is 2.33. The van der Waals surface area contributed by atoms with Gasteiger partial charge in [-0.3, -0.25) is 4.79 Å². The fourth-order valence-corrected chi connectivity index (χ4v) is 3.51. The summed E-state index contributed by atoms with van der Waals surface area (Å²) < 4.78 is 1.89. The Bertz CT molecular complexity index is 867. The lowest BCUT2D eigenvalue weighted by molar-refractivity contribution is 0.0722. The minimum Gasteiger partial charge on any atom is -0.354 e. The molecule has 0 radical (unpaired) electrons. The van der Waals surface area contributed by atoms with Crippen molar-refractivity contribution in [2.24, 2.45) is 7.05 Å². The molecule has 4 rings (SSSR count). The van der Waals surface area contributed by atoms with Gasteiger partial charge in [-0.1, -0.05) is 30.3 Å². The van der Waals surface area contributed by atoms with Gasteiger partial charge in [0, 0.05) is 25.7 Å². The SMILES string of the molecule is Cn1cnnc1C1CCCN1C(=O)c1ccc(Cc2ccccc2)[nH]1. The lowest BCUT2D eigenvalue weighted by atomic mass is 10.1. The molecule has 1 N–H and O–H groups in total. The first-order chi connectivity index (χ1) is 12.2. The van der Waals surface area contributed by atoms with Crippen molar-refractivity contribution in [3.05, 3.63) is 71.6 Å². The maximum atomic E-state index is 13.0. The summed E-state index contributed by atoms with van der Waals surface area (Å²) in [5, 5.41) is 8.14. The molecule has 0 spiro atoms. The van der Waals surface area contributed by atoms with Gasteiger partial charge in [-0.25, -0.2) is 0 Å². The van der Waals surface area contributed by atoms with Crippen LogP contribution in [-0.4, -0.2) is 37.1 Å². The third kappa shape index (κ3) is 3.07. The van der Waals surface area contributed by atoms with Crippen molar-refractivity contribution >= 4 is 5.91 Å². The van der Waals surface area contributed by atoms with E-state index in [0.717, 1.165) is 37.3 Å². The van der Waals surface area contributed by atoms with E-state index in [-0.39, 0.29) is 11.9 Å². The van der Waals surface area contributed by atoms with Crippen molar-refractivity contribution in [3.8, 4) is 0 Å². The molecular formula is C19H21N5O. The standard InChI is InChI=1S/C19H21N5O/c1-23-13-20-22-18(23)17-8-5-11-24(17)19(25)16-10-9-15(21-16)12-14-6-3-2-4-7-14/h2-4,6-7,9-10,13,17,21H,5,8,11-12H2,1H3. The Morgan fingerprint density at radius 3 is 2.84 bits per heavy atom. The molecule has 1 unspecified atom stereocenters. The van der Waals surface area contributed by atoms with Crippen LogP contribution in [0.25, 0.3) is 0 Å². The number of nitrogens with zero attached hydrogens (tertiary/aromatic N) is 4. The average molecular weight is 335 g/mol. The highest BCUT2D eigenvalue weighted by Crippen LogP contribution is 2.31. The molecule has 1 aliphatic heterocycles. The molecule has 1 atom stereocenters. The number of aromatic nitrogens is 4. The third-order valence-electron chi connectivity index (χ3n) is 4.77. The van der Waals surface area contributed by atoms with Gasteiger partial charge in [0.25, 0.3) is 5.91 Å². The maximum Gasteiger partial charge on any atom is 0.270 e. The fourth-order valence-electron chi connectivity index (χ4n) is 3.51. The second kappa shape index (κ2) is 6.55. The molecule has 1 aromatic carbocycles. The molecule has 6 nitrogen and oxygen atoms in total. The number of aromatic amines is 1. The molecule has 2 aromatic heterocycles. The van der Waals surface area contributed by atoms with Crippen LogP contribution in [0, 0.1) is 0 Å². The Balaban J connectivity index is 1.52. The molecule has 0 aliphatic carbocycles. The Morgan fingerprint density at radius 2 is 2.08 bits per heavy atom. The summed E-state index contributed by atoms with van der Waals surface area (Å²) in [4.78, 5) is 18.2. The van der Waals surface area contributed by atoms with E-state index in [1.54, 1.807) is 6.33 Å². The van der Waals surface area contributed by atoms with Crippen LogP contribution < -0.4 is 0 Å². The molecule has 25 heavy (non-hydrogen) atoms. The maximum absolute atomic E-state index is 13.0. The monoisotopic (exact) mass is 335 g/mol. The van der Waals surface area contributed by atoms with Crippen LogP contribution >= 0.6 is 0 Å². The molecule has 1 saturated heterocycles.